The molecule has 0 unspecified atom stereocenters. The highest BCUT2D eigenvalue weighted by atomic mass is 127. The van der Waals surface area contributed by atoms with E-state index in [1.807, 2.05) is 78.9 Å². The second kappa shape index (κ2) is 11.2. The molecule has 146 valence electrons. The number of nitrogens with two attached hydrogens (primary N) is 1. The molecule has 0 saturated carbocycles. The predicted molar refractivity (Wildman–Crippen MR) is 125 cm³/mol. The molecule has 0 amide bonds. The van der Waals surface area contributed by atoms with Gasteiger partial charge in [0.1, 0.15) is 18.1 Å². The van der Waals surface area contributed by atoms with Gasteiger partial charge in [0.05, 0.1) is 19.3 Å². The molecule has 0 spiro atoms. The number of para-hydroxylation sites is 3. The average molecular weight is 489 g/mol. The summed E-state index contributed by atoms with van der Waals surface area (Å²) in [5.41, 5.74) is 8.90. The van der Waals surface area contributed by atoms with Gasteiger partial charge in [-0.15, -0.1) is 24.0 Å². The van der Waals surface area contributed by atoms with E-state index in [2.05, 4.69) is 10.3 Å². The third-order valence-electron chi connectivity index (χ3n) is 4.00. The summed E-state index contributed by atoms with van der Waals surface area (Å²) in [4.78, 5) is 4.43. The molecule has 0 aliphatic heterocycles. The lowest BCUT2D eigenvalue weighted by molar-refractivity contribution is 0.303. The smallest absolute Gasteiger partial charge is 0.193 e. The summed E-state index contributed by atoms with van der Waals surface area (Å²) < 4.78 is 11.3. The second-order valence-corrected chi connectivity index (χ2v) is 5.91. The maximum atomic E-state index is 6.03. The summed E-state index contributed by atoms with van der Waals surface area (Å²) in [7, 11) is 1.62. The minimum Gasteiger partial charge on any atom is -0.495 e. The molecule has 0 bridgehead atoms. The highest BCUT2D eigenvalue weighted by Gasteiger charge is 2.05. The SMILES string of the molecule is COc1ccccc1NC(N)=NCc1ccccc1OCc1ccccc1.I. The average Bonchev–Trinajstić information content (AvgIpc) is 2.72. The number of nitrogens with zero attached hydrogens (tertiary/aromatic N) is 1. The Labute approximate surface area is 182 Å². The Morgan fingerprint density at radius 2 is 1.54 bits per heavy atom. The first-order chi connectivity index (χ1) is 13.3. The van der Waals surface area contributed by atoms with Crippen LogP contribution >= 0.6 is 24.0 Å². The van der Waals surface area contributed by atoms with Crippen LogP contribution < -0.4 is 20.5 Å². The van der Waals surface area contributed by atoms with Crippen LogP contribution in [0.3, 0.4) is 0 Å². The van der Waals surface area contributed by atoms with Crippen LogP contribution in [0.5, 0.6) is 11.5 Å². The largest absolute Gasteiger partial charge is 0.495 e. The lowest BCUT2D eigenvalue weighted by Gasteiger charge is -2.12. The molecule has 3 N–H and O–H groups in total. The monoisotopic (exact) mass is 489 g/mol. The quantitative estimate of drug-likeness (QED) is 0.284. The van der Waals surface area contributed by atoms with Crippen molar-refractivity contribution in [2.45, 2.75) is 13.2 Å². The molecule has 3 aromatic carbocycles. The molecule has 0 aliphatic rings. The van der Waals surface area contributed by atoms with Crippen LogP contribution in [-0.2, 0) is 13.2 Å². The molecular formula is C22H24IN3O2. The van der Waals surface area contributed by atoms with Crippen molar-refractivity contribution in [2.75, 3.05) is 12.4 Å². The van der Waals surface area contributed by atoms with Gasteiger partial charge in [-0.2, -0.15) is 0 Å². The van der Waals surface area contributed by atoms with Gasteiger partial charge in [-0.3, -0.25) is 0 Å². The minimum absolute atomic E-state index is 0. The van der Waals surface area contributed by atoms with Crippen LogP contribution in [0, 0.1) is 0 Å². The molecule has 0 radical (unpaired) electrons. The number of benzene rings is 3. The summed E-state index contributed by atoms with van der Waals surface area (Å²) in [5.74, 6) is 1.83. The summed E-state index contributed by atoms with van der Waals surface area (Å²) in [5, 5.41) is 3.07. The van der Waals surface area contributed by atoms with Gasteiger partial charge in [-0.05, 0) is 23.8 Å². The molecule has 3 rings (SSSR count). The zero-order chi connectivity index (χ0) is 18.9. The number of hydrogen-bond donors (Lipinski definition) is 2. The molecule has 28 heavy (non-hydrogen) atoms. The van der Waals surface area contributed by atoms with Gasteiger partial charge in [-0.25, -0.2) is 4.99 Å². The van der Waals surface area contributed by atoms with Crippen molar-refractivity contribution in [3.63, 3.8) is 0 Å². The number of guanidine groups is 1. The normalized spacial score (nSPS) is 10.7. The summed E-state index contributed by atoms with van der Waals surface area (Å²) in [6.45, 7) is 0.926. The lowest BCUT2D eigenvalue weighted by Crippen LogP contribution is -2.23. The Kier molecular flexibility index (Phi) is 8.61. The van der Waals surface area contributed by atoms with Gasteiger partial charge in [0.2, 0.25) is 0 Å². The van der Waals surface area contributed by atoms with Crippen molar-refractivity contribution in [1.82, 2.24) is 0 Å². The molecule has 0 saturated heterocycles. The molecular weight excluding hydrogens is 465 g/mol. The van der Waals surface area contributed by atoms with E-state index in [0.717, 1.165) is 22.6 Å². The first kappa shape index (κ1) is 21.6. The molecule has 0 aliphatic carbocycles. The van der Waals surface area contributed by atoms with E-state index >= 15 is 0 Å². The highest BCUT2D eigenvalue weighted by molar-refractivity contribution is 14.0. The van der Waals surface area contributed by atoms with Crippen molar-refractivity contribution in [3.8, 4) is 11.5 Å². The van der Waals surface area contributed by atoms with Gasteiger partial charge in [0.15, 0.2) is 5.96 Å². The van der Waals surface area contributed by atoms with Gasteiger partial charge in [-0.1, -0.05) is 60.7 Å². The van der Waals surface area contributed by atoms with Gasteiger partial charge < -0.3 is 20.5 Å². The maximum absolute atomic E-state index is 6.03. The number of hydrogen-bond acceptors (Lipinski definition) is 3. The van der Waals surface area contributed by atoms with Crippen molar-refractivity contribution < 1.29 is 9.47 Å². The number of halogens is 1. The fourth-order valence-corrected chi connectivity index (χ4v) is 2.61. The van der Waals surface area contributed by atoms with Crippen molar-refractivity contribution >= 4 is 35.6 Å². The van der Waals surface area contributed by atoms with Crippen LogP contribution in [0.25, 0.3) is 0 Å². The Balaban J connectivity index is 0.00000280. The van der Waals surface area contributed by atoms with E-state index in [-0.39, 0.29) is 24.0 Å². The molecule has 0 heterocycles. The standard InChI is InChI=1S/C22H23N3O2.HI/c1-26-21-14-8-6-12-19(21)25-22(23)24-15-18-11-5-7-13-20(18)27-16-17-9-3-2-4-10-17;/h2-14H,15-16H2,1H3,(H3,23,24,25);1H. The zero-order valence-corrected chi connectivity index (χ0v) is 18.0. The number of methoxy groups -OCH3 is 1. The van der Waals surface area contributed by atoms with Crippen molar-refractivity contribution in [1.29, 1.82) is 0 Å². The Morgan fingerprint density at radius 1 is 0.893 bits per heavy atom. The third-order valence-corrected chi connectivity index (χ3v) is 4.00. The molecule has 0 atom stereocenters. The number of rotatable bonds is 7. The molecule has 0 fully saturated rings. The number of nitrogens with one attached hydrogen (secondary N) is 1. The highest BCUT2D eigenvalue weighted by Crippen LogP contribution is 2.23. The maximum Gasteiger partial charge on any atom is 0.193 e. The minimum atomic E-state index is 0. The van der Waals surface area contributed by atoms with Crippen LogP contribution in [0.2, 0.25) is 0 Å². The Hall–Kier alpha value is -2.74. The van der Waals surface area contributed by atoms with Crippen LogP contribution in [0.15, 0.2) is 83.9 Å². The number of aliphatic imine (C=N–C) groups is 1. The van der Waals surface area contributed by atoms with E-state index in [1.165, 1.54) is 0 Å². The van der Waals surface area contributed by atoms with Crippen molar-refractivity contribution in [2.24, 2.45) is 10.7 Å². The van der Waals surface area contributed by atoms with Gasteiger partial charge in [0, 0.05) is 5.56 Å². The Bertz CT molecular complexity index is 901. The van der Waals surface area contributed by atoms with Crippen molar-refractivity contribution in [3.05, 3.63) is 90.0 Å². The van der Waals surface area contributed by atoms with Crippen LogP contribution in [0.4, 0.5) is 5.69 Å². The molecule has 5 nitrogen and oxygen atoms in total. The first-order valence-electron chi connectivity index (χ1n) is 8.71. The summed E-state index contributed by atoms with van der Waals surface area (Å²) >= 11 is 0. The van der Waals surface area contributed by atoms with Crippen LogP contribution in [-0.4, -0.2) is 13.1 Å². The van der Waals surface area contributed by atoms with E-state index < -0.39 is 0 Å². The van der Waals surface area contributed by atoms with E-state index in [9.17, 15) is 0 Å². The van der Waals surface area contributed by atoms with E-state index in [4.69, 9.17) is 15.2 Å². The number of anilines is 1. The predicted octanol–water partition coefficient (Wildman–Crippen LogP) is 4.82. The topological polar surface area (TPSA) is 68.9 Å². The number of ether oxygens (including phenoxy) is 2. The molecule has 3 aromatic rings. The molecule has 6 heteroatoms. The van der Waals surface area contributed by atoms with Gasteiger partial charge >= 0.3 is 0 Å². The van der Waals surface area contributed by atoms with E-state index in [0.29, 0.717) is 24.9 Å². The fourth-order valence-electron chi connectivity index (χ4n) is 2.61. The third kappa shape index (κ3) is 6.16. The summed E-state index contributed by atoms with van der Waals surface area (Å²) in [6, 6.07) is 25.5. The van der Waals surface area contributed by atoms with Gasteiger partial charge in [0.25, 0.3) is 0 Å². The lowest BCUT2D eigenvalue weighted by atomic mass is 10.2. The summed E-state index contributed by atoms with van der Waals surface area (Å²) in [6.07, 6.45) is 0. The molecule has 0 aromatic heterocycles. The van der Waals surface area contributed by atoms with Crippen LogP contribution in [0.1, 0.15) is 11.1 Å². The fraction of sp³-hybridized carbons (Fsp3) is 0.136. The Morgan fingerprint density at radius 3 is 2.29 bits per heavy atom. The second-order valence-electron chi connectivity index (χ2n) is 5.91. The van der Waals surface area contributed by atoms with E-state index in [1.54, 1.807) is 7.11 Å². The zero-order valence-electron chi connectivity index (χ0n) is 15.7. The first-order valence-corrected chi connectivity index (χ1v) is 8.71.